The zero-order valence-electron chi connectivity index (χ0n) is 18.9. The molecule has 5 rings (SSSR count). The van der Waals surface area contributed by atoms with Crippen LogP contribution in [0, 0.1) is 0 Å². The number of hydrogen-bond acceptors (Lipinski definition) is 3. The molecule has 2 atom stereocenters. The van der Waals surface area contributed by atoms with Crippen LogP contribution in [0.5, 0.6) is 0 Å². The van der Waals surface area contributed by atoms with Gasteiger partial charge in [0.2, 0.25) is 11.8 Å². The van der Waals surface area contributed by atoms with Crippen LogP contribution in [0.1, 0.15) is 55.1 Å². The Morgan fingerprint density at radius 3 is 2.61 bits per heavy atom. The summed E-state index contributed by atoms with van der Waals surface area (Å²) in [5.41, 5.74) is 1.49. The Hall–Kier alpha value is -3.67. The number of rotatable bonds is 5. The quantitative estimate of drug-likeness (QED) is 0.638. The van der Waals surface area contributed by atoms with Gasteiger partial charge >= 0.3 is 0 Å². The van der Waals surface area contributed by atoms with Gasteiger partial charge in [-0.1, -0.05) is 54.6 Å². The van der Waals surface area contributed by atoms with E-state index in [0.717, 1.165) is 16.3 Å². The first kappa shape index (κ1) is 21.2. The molecule has 0 radical (unpaired) electrons. The molecule has 2 heterocycles. The number of amides is 3. The number of para-hydroxylation sites is 1. The van der Waals surface area contributed by atoms with Gasteiger partial charge in [0.25, 0.3) is 5.91 Å². The van der Waals surface area contributed by atoms with Crippen LogP contribution in [0.25, 0.3) is 10.8 Å². The Bertz CT molecular complexity index is 1260. The minimum Gasteiger partial charge on any atom is -0.350 e. The third-order valence-electron chi connectivity index (χ3n) is 6.98. The topological polar surface area (TPSA) is 69.7 Å². The highest BCUT2D eigenvalue weighted by molar-refractivity contribution is 6.10. The average molecular weight is 442 g/mol. The molecular formula is C27H27N3O3. The molecule has 3 aromatic carbocycles. The van der Waals surface area contributed by atoms with Gasteiger partial charge in [-0.05, 0) is 48.7 Å². The first-order chi connectivity index (χ1) is 15.9. The van der Waals surface area contributed by atoms with Gasteiger partial charge in [-0.3, -0.25) is 19.3 Å². The summed E-state index contributed by atoms with van der Waals surface area (Å²) < 4.78 is 0. The van der Waals surface area contributed by atoms with E-state index in [2.05, 4.69) is 23.5 Å². The van der Waals surface area contributed by atoms with Crippen LogP contribution >= 0.6 is 0 Å². The highest BCUT2D eigenvalue weighted by Gasteiger charge is 2.52. The third kappa shape index (κ3) is 3.46. The molecule has 0 aliphatic carbocycles. The normalized spacial score (nSPS) is 20.5. The number of nitrogens with zero attached hydrogens (tertiary/aromatic N) is 2. The van der Waals surface area contributed by atoms with Crippen LogP contribution in [0.4, 0.5) is 5.69 Å². The van der Waals surface area contributed by atoms with Gasteiger partial charge in [0.05, 0.1) is 17.3 Å². The van der Waals surface area contributed by atoms with Gasteiger partial charge in [0.1, 0.15) is 5.66 Å². The van der Waals surface area contributed by atoms with E-state index >= 15 is 0 Å². The van der Waals surface area contributed by atoms with E-state index in [4.69, 9.17) is 0 Å². The molecule has 3 amide bonds. The van der Waals surface area contributed by atoms with E-state index in [9.17, 15) is 14.4 Å². The SMILES string of the molecule is CC(NC(=O)CCN1C(=O)c2ccccc2N2C(=O)CCC12C)c1cccc2ccccc12. The lowest BCUT2D eigenvalue weighted by Gasteiger charge is -2.48. The molecule has 2 unspecified atom stereocenters. The van der Waals surface area contributed by atoms with Gasteiger partial charge in [0.15, 0.2) is 0 Å². The third-order valence-corrected chi connectivity index (χ3v) is 6.98. The van der Waals surface area contributed by atoms with E-state index in [-0.39, 0.29) is 36.7 Å². The summed E-state index contributed by atoms with van der Waals surface area (Å²) in [4.78, 5) is 42.3. The molecule has 0 bridgehead atoms. The second-order valence-electron chi connectivity index (χ2n) is 9.03. The molecule has 1 fully saturated rings. The van der Waals surface area contributed by atoms with E-state index < -0.39 is 5.66 Å². The summed E-state index contributed by atoms with van der Waals surface area (Å²) >= 11 is 0. The number of carbonyl (C=O) groups excluding carboxylic acids is 3. The van der Waals surface area contributed by atoms with E-state index in [1.807, 2.05) is 50.2 Å². The maximum absolute atomic E-state index is 13.3. The molecule has 2 aliphatic rings. The Balaban J connectivity index is 1.33. The molecule has 0 saturated carbocycles. The Kier molecular flexibility index (Phi) is 5.16. The molecule has 33 heavy (non-hydrogen) atoms. The lowest BCUT2D eigenvalue weighted by molar-refractivity contribution is -0.122. The van der Waals surface area contributed by atoms with Crippen LogP contribution in [0.15, 0.2) is 66.7 Å². The van der Waals surface area contributed by atoms with E-state index in [1.54, 1.807) is 21.9 Å². The van der Waals surface area contributed by atoms with Crippen LogP contribution in [-0.2, 0) is 9.59 Å². The van der Waals surface area contributed by atoms with Gasteiger partial charge in [0, 0.05) is 19.4 Å². The van der Waals surface area contributed by atoms with Crippen LogP contribution in [0.2, 0.25) is 0 Å². The fraction of sp³-hybridized carbons (Fsp3) is 0.296. The Morgan fingerprint density at radius 2 is 1.76 bits per heavy atom. The summed E-state index contributed by atoms with van der Waals surface area (Å²) in [5.74, 6) is -0.244. The van der Waals surface area contributed by atoms with Crippen molar-refractivity contribution < 1.29 is 14.4 Å². The predicted octanol–water partition coefficient (Wildman–Crippen LogP) is 4.41. The first-order valence-electron chi connectivity index (χ1n) is 11.4. The minimum atomic E-state index is -0.746. The van der Waals surface area contributed by atoms with E-state index in [1.165, 1.54) is 0 Å². The summed E-state index contributed by atoms with van der Waals surface area (Å²) in [6.07, 6.45) is 1.11. The van der Waals surface area contributed by atoms with Crippen LogP contribution < -0.4 is 10.2 Å². The summed E-state index contributed by atoms with van der Waals surface area (Å²) in [5, 5.41) is 5.33. The smallest absolute Gasteiger partial charge is 0.257 e. The second kappa shape index (κ2) is 8.03. The van der Waals surface area contributed by atoms with Crippen molar-refractivity contribution >= 4 is 34.2 Å². The lowest BCUT2D eigenvalue weighted by Crippen LogP contribution is -2.62. The van der Waals surface area contributed by atoms with Crippen LogP contribution in [0.3, 0.4) is 0 Å². The lowest BCUT2D eigenvalue weighted by atomic mass is 9.97. The van der Waals surface area contributed by atoms with Crippen molar-refractivity contribution in [2.45, 2.75) is 44.8 Å². The van der Waals surface area contributed by atoms with E-state index in [0.29, 0.717) is 24.1 Å². The fourth-order valence-electron chi connectivity index (χ4n) is 5.27. The Morgan fingerprint density at radius 1 is 1.03 bits per heavy atom. The van der Waals surface area contributed by atoms with Gasteiger partial charge < -0.3 is 10.2 Å². The minimum absolute atomic E-state index is 0.0106. The molecule has 6 heteroatoms. The van der Waals surface area contributed by atoms with Crippen molar-refractivity contribution in [1.82, 2.24) is 10.2 Å². The van der Waals surface area contributed by atoms with Crippen molar-refractivity contribution in [3.63, 3.8) is 0 Å². The number of fused-ring (bicyclic) bond motifs is 4. The van der Waals surface area contributed by atoms with Crippen molar-refractivity contribution in [3.05, 3.63) is 77.9 Å². The van der Waals surface area contributed by atoms with Crippen molar-refractivity contribution in [1.29, 1.82) is 0 Å². The largest absolute Gasteiger partial charge is 0.350 e. The molecule has 0 spiro atoms. The zero-order valence-corrected chi connectivity index (χ0v) is 18.9. The fourth-order valence-corrected chi connectivity index (χ4v) is 5.27. The number of benzene rings is 3. The summed E-state index contributed by atoms with van der Waals surface area (Å²) in [6, 6.07) is 21.3. The predicted molar refractivity (Wildman–Crippen MR) is 128 cm³/mol. The van der Waals surface area contributed by atoms with Crippen molar-refractivity contribution in [2.24, 2.45) is 0 Å². The highest BCUT2D eigenvalue weighted by atomic mass is 16.2. The molecule has 1 N–H and O–H groups in total. The number of hydrogen-bond donors (Lipinski definition) is 1. The molecule has 1 saturated heterocycles. The molecule has 168 valence electrons. The van der Waals surface area contributed by atoms with Gasteiger partial charge in [-0.25, -0.2) is 0 Å². The monoisotopic (exact) mass is 441 g/mol. The maximum atomic E-state index is 13.3. The second-order valence-corrected chi connectivity index (χ2v) is 9.03. The molecule has 2 aliphatic heterocycles. The van der Waals surface area contributed by atoms with Gasteiger partial charge in [-0.2, -0.15) is 0 Å². The summed E-state index contributed by atoms with van der Waals surface area (Å²) in [7, 11) is 0. The number of carbonyl (C=O) groups is 3. The molecule has 0 aromatic heterocycles. The first-order valence-corrected chi connectivity index (χ1v) is 11.4. The number of nitrogens with one attached hydrogen (secondary N) is 1. The maximum Gasteiger partial charge on any atom is 0.257 e. The Labute approximate surface area is 193 Å². The molecular weight excluding hydrogens is 414 g/mol. The number of anilines is 1. The molecule has 6 nitrogen and oxygen atoms in total. The molecule has 3 aromatic rings. The van der Waals surface area contributed by atoms with Crippen molar-refractivity contribution in [3.8, 4) is 0 Å². The van der Waals surface area contributed by atoms with Crippen molar-refractivity contribution in [2.75, 3.05) is 11.4 Å². The standard InChI is InChI=1S/C27H27N3O3/c1-18(20-12-7-9-19-8-3-4-10-21(19)20)28-24(31)15-17-29-26(33)22-11-5-6-13-23(22)30-25(32)14-16-27(29,30)2/h3-13,18H,14-17H2,1-2H3,(H,28,31). The van der Waals surface area contributed by atoms with Crippen LogP contribution in [-0.4, -0.2) is 34.8 Å². The zero-order chi connectivity index (χ0) is 23.2. The average Bonchev–Trinajstić information content (AvgIpc) is 3.13. The summed E-state index contributed by atoms with van der Waals surface area (Å²) in [6.45, 7) is 4.14. The highest BCUT2D eigenvalue weighted by Crippen LogP contribution is 2.44. The van der Waals surface area contributed by atoms with Gasteiger partial charge in [-0.15, -0.1) is 0 Å².